The van der Waals surface area contributed by atoms with E-state index in [9.17, 15) is 32.4 Å². The first-order chi connectivity index (χ1) is 23.2. The molecular formula is C33H45N5O11S. The number of amides is 5. The molecule has 5 unspecified atom stereocenters. The number of carbonyl (C=O) groups excluding carboxylic acids is 5. The van der Waals surface area contributed by atoms with E-state index in [1.54, 1.807) is 59.7 Å². The maximum atomic E-state index is 14.3. The lowest BCUT2D eigenvalue weighted by molar-refractivity contribution is -0.143. The van der Waals surface area contributed by atoms with Crippen LogP contribution in [0, 0.1) is 11.3 Å². The van der Waals surface area contributed by atoms with Crippen molar-refractivity contribution in [2.45, 2.75) is 102 Å². The van der Waals surface area contributed by atoms with Crippen LogP contribution in [0.3, 0.4) is 0 Å². The van der Waals surface area contributed by atoms with E-state index in [1.165, 1.54) is 11.0 Å². The van der Waals surface area contributed by atoms with E-state index in [2.05, 4.69) is 27.3 Å². The number of hydrogen-bond acceptors (Lipinski definition) is 11. The molecule has 1 saturated heterocycles. The molecule has 0 bridgehead atoms. The highest BCUT2D eigenvalue weighted by molar-refractivity contribution is 7.91. The molecule has 0 aromatic heterocycles. The minimum atomic E-state index is -3.93. The van der Waals surface area contributed by atoms with E-state index >= 15 is 0 Å². The Hall–Kier alpha value is -4.54. The van der Waals surface area contributed by atoms with Crippen molar-refractivity contribution >= 4 is 45.6 Å². The molecule has 17 heteroatoms. The van der Waals surface area contributed by atoms with Crippen molar-refractivity contribution in [3.05, 3.63) is 30.9 Å². The zero-order valence-electron chi connectivity index (χ0n) is 29.0. The normalized spacial score (nSPS) is 24.8. The zero-order chi connectivity index (χ0) is 36.8. The third-order valence-electron chi connectivity index (χ3n) is 8.76. The van der Waals surface area contributed by atoms with Gasteiger partial charge < -0.3 is 34.5 Å². The van der Waals surface area contributed by atoms with Crippen LogP contribution >= 0.6 is 0 Å². The second kappa shape index (κ2) is 13.3. The number of ether oxygens (including phenoxy) is 4. The van der Waals surface area contributed by atoms with Crippen molar-refractivity contribution in [3.63, 3.8) is 0 Å². The lowest BCUT2D eigenvalue weighted by Crippen LogP contribution is -2.60. The largest absolute Gasteiger partial charge is 0.454 e. The number of anilines is 1. The number of benzene rings is 1. The van der Waals surface area contributed by atoms with Crippen molar-refractivity contribution in [3.8, 4) is 11.5 Å². The van der Waals surface area contributed by atoms with Gasteiger partial charge in [0.2, 0.25) is 28.6 Å². The molecular weight excluding hydrogens is 674 g/mol. The van der Waals surface area contributed by atoms with Crippen molar-refractivity contribution in [1.82, 2.24) is 20.3 Å². The molecule has 2 aliphatic carbocycles. The van der Waals surface area contributed by atoms with Gasteiger partial charge in [0.05, 0.1) is 11.8 Å². The maximum Gasteiger partial charge on any atom is 0.411 e. The van der Waals surface area contributed by atoms with E-state index in [0.29, 0.717) is 30.0 Å². The molecule has 4 aliphatic rings. The monoisotopic (exact) mass is 719 g/mol. The number of nitrogens with zero attached hydrogens (tertiary/aromatic N) is 1. The topological polar surface area (TPSA) is 208 Å². The Morgan fingerprint density at radius 2 is 1.72 bits per heavy atom. The summed E-state index contributed by atoms with van der Waals surface area (Å²) in [6.45, 7) is 13.7. The summed E-state index contributed by atoms with van der Waals surface area (Å²) < 4.78 is 49.0. The molecule has 5 atom stereocenters. The minimum absolute atomic E-state index is 0.0454. The van der Waals surface area contributed by atoms with Gasteiger partial charge in [0.15, 0.2) is 11.5 Å². The fourth-order valence-corrected chi connectivity index (χ4v) is 7.27. The summed E-state index contributed by atoms with van der Waals surface area (Å²) in [6, 6.07) is 2.31. The van der Waals surface area contributed by atoms with Gasteiger partial charge in [0.1, 0.15) is 29.3 Å². The molecule has 2 heterocycles. The SMILES string of the molecule is C=CC1CC1(NC(=O)C1CC(OC(=O)Nc2ccc3c(c2)OCO3)CN1C(=O)C(NC(=O)OC(C)(C)C)C(C)(C)C)C(=O)NS(=O)(=O)C1CC1. The third-order valence-corrected chi connectivity index (χ3v) is 10.6. The molecule has 5 rings (SSSR count). The zero-order valence-corrected chi connectivity index (χ0v) is 29.8. The van der Waals surface area contributed by atoms with Crippen LogP contribution in [0.5, 0.6) is 11.5 Å². The van der Waals surface area contributed by atoms with E-state index in [-0.39, 0.29) is 26.2 Å². The fraction of sp³-hybridized carbons (Fsp3) is 0.606. The van der Waals surface area contributed by atoms with Crippen molar-refractivity contribution < 1.29 is 51.3 Å². The number of rotatable bonds is 10. The van der Waals surface area contributed by atoms with Gasteiger partial charge in [-0.3, -0.25) is 24.4 Å². The van der Waals surface area contributed by atoms with Gasteiger partial charge in [-0.1, -0.05) is 26.8 Å². The van der Waals surface area contributed by atoms with Crippen LogP contribution in [0.1, 0.15) is 67.2 Å². The molecule has 2 aliphatic heterocycles. The molecule has 1 aromatic rings. The number of hydrogen-bond donors (Lipinski definition) is 4. The summed E-state index contributed by atoms with van der Waals surface area (Å²) in [5.41, 5.74) is -2.98. The number of alkyl carbamates (subject to hydrolysis) is 1. The van der Waals surface area contributed by atoms with Gasteiger partial charge in [0, 0.05) is 24.1 Å². The standard InChI is InChI=1S/C33H45N5O11S/c1-8-18-15-33(18,28(41)37-50(44,45)21-10-11-21)36-26(39)22-14-20(48-29(42)34-19-9-12-23-24(13-19)47-17-46-23)16-38(22)27(40)25(31(2,3)4)35-30(43)49-32(5,6)7/h8-9,12-13,18,20-22,25H,1,10-11,14-17H2,2-7H3,(H,34,42)(H,35,43)(H,36,39)(H,37,41). The van der Waals surface area contributed by atoms with Gasteiger partial charge in [-0.05, 0) is 57.6 Å². The minimum Gasteiger partial charge on any atom is -0.454 e. The lowest BCUT2D eigenvalue weighted by Gasteiger charge is -2.36. The Morgan fingerprint density at radius 3 is 2.32 bits per heavy atom. The van der Waals surface area contributed by atoms with E-state index in [0.717, 1.165) is 0 Å². The predicted molar refractivity (Wildman–Crippen MR) is 178 cm³/mol. The molecule has 4 N–H and O–H groups in total. The molecule has 16 nitrogen and oxygen atoms in total. The molecule has 50 heavy (non-hydrogen) atoms. The average molecular weight is 720 g/mol. The summed E-state index contributed by atoms with van der Waals surface area (Å²) in [6.07, 6.45) is -0.445. The second-order valence-electron chi connectivity index (χ2n) is 15.1. The number of sulfonamides is 1. The number of carbonyl (C=O) groups is 5. The van der Waals surface area contributed by atoms with Crippen molar-refractivity contribution in [2.24, 2.45) is 11.3 Å². The number of likely N-dealkylation sites (tertiary alicyclic amines) is 1. The summed E-state index contributed by atoms with van der Waals surface area (Å²) in [5, 5.41) is 7.24. The molecule has 0 spiro atoms. The predicted octanol–water partition coefficient (Wildman–Crippen LogP) is 2.54. The van der Waals surface area contributed by atoms with Gasteiger partial charge in [-0.2, -0.15) is 0 Å². The Kier molecular flexibility index (Phi) is 9.77. The summed E-state index contributed by atoms with van der Waals surface area (Å²) in [5.74, 6) is -1.94. The summed E-state index contributed by atoms with van der Waals surface area (Å²) in [4.78, 5) is 68.7. The van der Waals surface area contributed by atoms with Gasteiger partial charge in [-0.15, -0.1) is 6.58 Å². The van der Waals surface area contributed by atoms with Crippen LogP contribution in [0.4, 0.5) is 15.3 Å². The molecule has 1 aromatic carbocycles. The quantitative estimate of drug-likeness (QED) is 0.259. The van der Waals surface area contributed by atoms with Crippen LogP contribution in [-0.2, 0) is 33.9 Å². The molecule has 274 valence electrons. The summed E-state index contributed by atoms with van der Waals surface area (Å²) >= 11 is 0. The molecule has 3 fully saturated rings. The highest BCUT2D eigenvalue weighted by Gasteiger charge is 2.62. The first-order valence-electron chi connectivity index (χ1n) is 16.4. The molecule has 5 amide bonds. The van der Waals surface area contributed by atoms with Crippen LogP contribution < -0.4 is 30.1 Å². The van der Waals surface area contributed by atoms with E-state index < -0.39 is 85.8 Å². The first-order valence-corrected chi connectivity index (χ1v) is 17.9. The highest BCUT2D eigenvalue weighted by atomic mass is 32.2. The van der Waals surface area contributed by atoms with Crippen LogP contribution in [0.25, 0.3) is 0 Å². The average Bonchev–Trinajstić information content (AvgIpc) is 3.88. The lowest BCUT2D eigenvalue weighted by atomic mass is 9.85. The smallest absolute Gasteiger partial charge is 0.411 e. The molecule has 2 saturated carbocycles. The molecule has 0 radical (unpaired) electrons. The maximum absolute atomic E-state index is 14.3. The Labute approximate surface area is 291 Å². The van der Waals surface area contributed by atoms with E-state index in [4.69, 9.17) is 18.9 Å². The van der Waals surface area contributed by atoms with Crippen LogP contribution in [0.15, 0.2) is 30.9 Å². The van der Waals surface area contributed by atoms with Gasteiger partial charge in [0.25, 0.3) is 5.91 Å². The number of nitrogens with one attached hydrogen (secondary N) is 4. The van der Waals surface area contributed by atoms with Gasteiger partial charge >= 0.3 is 12.2 Å². The number of fused-ring (bicyclic) bond motifs is 1. The Morgan fingerprint density at radius 1 is 1.04 bits per heavy atom. The van der Waals surface area contributed by atoms with Crippen molar-refractivity contribution in [2.75, 3.05) is 18.7 Å². The first kappa shape index (κ1) is 36.7. The summed E-state index contributed by atoms with van der Waals surface area (Å²) in [7, 11) is -3.93. The van der Waals surface area contributed by atoms with Crippen LogP contribution in [0.2, 0.25) is 0 Å². The van der Waals surface area contributed by atoms with E-state index in [1.807, 2.05) is 0 Å². The van der Waals surface area contributed by atoms with Crippen LogP contribution in [-0.4, -0.2) is 91.1 Å². The van der Waals surface area contributed by atoms with Gasteiger partial charge in [-0.25, -0.2) is 18.0 Å². The third kappa shape index (κ3) is 8.25. The Bertz CT molecular complexity index is 1680. The Balaban J connectivity index is 1.37. The highest BCUT2D eigenvalue weighted by Crippen LogP contribution is 2.45. The van der Waals surface area contributed by atoms with Crippen molar-refractivity contribution in [1.29, 1.82) is 0 Å². The second-order valence-corrected chi connectivity index (χ2v) is 17.1. The fourth-order valence-electron chi connectivity index (χ4n) is 5.91.